The van der Waals surface area contributed by atoms with E-state index in [0.29, 0.717) is 5.75 Å². The molecule has 2 nitrogen and oxygen atoms in total. The van der Waals surface area contributed by atoms with E-state index < -0.39 is 5.97 Å². The van der Waals surface area contributed by atoms with Gasteiger partial charge < -0.3 is 10.8 Å². The summed E-state index contributed by atoms with van der Waals surface area (Å²) in [6.45, 7) is 3.16. The molecule has 0 saturated carbocycles. The summed E-state index contributed by atoms with van der Waals surface area (Å²) >= 11 is 0. The van der Waals surface area contributed by atoms with Crippen molar-refractivity contribution < 1.29 is 42.2 Å². The fourth-order valence-corrected chi connectivity index (χ4v) is 0.632. The van der Waals surface area contributed by atoms with Crippen molar-refractivity contribution in [3.8, 4) is 5.75 Å². The van der Waals surface area contributed by atoms with Crippen LogP contribution >= 0.6 is 0 Å². The Hall–Kier alpha value is -0.466. The number of rotatable bonds is 2. The molecule has 3 heteroatoms. The van der Waals surface area contributed by atoms with Crippen LogP contribution in [0.3, 0.4) is 0 Å². The van der Waals surface area contributed by atoms with Crippen LogP contribution in [0.25, 0.3) is 0 Å². The number of para-hydroxylation sites is 1. The Morgan fingerprint density at radius 3 is 2.42 bits per heavy atom. The molecule has 0 unspecified atom stereocenters. The van der Waals surface area contributed by atoms with Gasteiger partial charge in [0, 0.05) is 32.7 Å². The van der Waals surface area contributed by atoms with Gasteiger partial charge in [0.05, 0.1) is 0 Å². The molecule has 0 aliphatic heterocycles. The van der Waals surface area contributed by atoms with E-state index in [1.54, 1.807) is 24.3 Å². The molecule has 12 heavy (non-hydrogen) atoms. The summed E-state index contributed by atoms with van der Waals surface area (Å²) in [5.41, 5.74) is 0. The number of ether oxygens (including phenoxy) is 1. The molecule has 0 saturated heterocycles. The smallest absolute Gasteiger partial charge is 0.155 e. The maximum absolute atomic E-state index is 10.6. The van der Waals surface area contributed by atoms with Crippen LogP contribution in [0.2, 0.25) is 0 Å². The van der Waals surface area contributed by atoms with E-state index in [1.165, 1.54) is 0 Å². The molecule has 0 aliphatic rings. The fraction of sp³-hybridized carbons (Fsp3) is 0. The van der Waals surface area contributed by atoms with E-state index in [4.69, 9.17) is 4.74 Å². The van der Waals surface area contributed by atoms with Crippen molar-refractivity contribution in [1.82, 2.24) is 0 Å². The first-order valence-corrected chi connectivity index (χ1v) is 3.13. The number of benzene rings is 1. The average molecular weight is 236 g/mol. The van der Waals surface area contributed by atoms with Crippen molar-refractivity contribution in [3.05, 3.63) is 43.0 Å². The molecule has 1 radical (unpaired) electrons. The molecule has 0 N–H and O–H groups in total. The fourth-order valence-electron chi connectivity index (χ4n) is 0.632. The van der Waals surface area contributed by atoms with Gasteiger partial charge in [-0.15, -0.1) is 0 Å². The third kappa shape index (κ3) is 3.79. The van der Waals surface area contributed by atoms with Gasteiger partial charge in [-0.1, -0.05) is 18.2 Å². The van der Waals surface area contributed by atoms with Gasteiger partial charge in [0.1, 0.15) is 5.75 Å². The molecular formula is C9H7O2Y-. The van der Waals surface area contributed by atoms with Gasteiger partial charge in [-0.3, -0.25) is 11.4 Å². The zero-order valence-corrected chi connectivity index (χ0v) is 9.33. The van der Waals surface area contributed by atoms with Crippen LogP contribution in [-0.2, 0) is 37.5 Å². The summed E-state index contributed by atoms with van der Waals surface area (Å²) in [5, 5.41) is 0. The SMILES string of the molecule is C=[C-]C(=O)Oc1ccccc1.[Y]. The Balaban J connectivity index is 0.00000121. The number of hydrogen-bond acceptors (Lipinski definition) is 2. The van der Waals surface area contributed by atoms with Crippen LogP contribution < -0.4 is 4.74 Å². The van der Waals surface area contributed by atoms with Crippen molar-refractivity contribution in [3.63, 3.8) is 0 Å². The molecule has 0 atom stereocenters. The number of carbonyl (C=O) groups is 1. The molecule has 1 rings (SSSR count). The average Bonchev–Trinajstić information content (AvgIpc) is 2.06. The van der Waals surface area contributed by atoms with Gasteiger partial charge in [0.15, 0.2) is 5.97 Å². The second-order valence-corrected chi connectivity index (χ2v) is 1.88. The minimum atomic E-state index is -0.559. The molecule has 0 bridgehead atoms. The Bertz CT molecular complexity index is 256. The van der Waals surface area contributed by atoms with Crippen LogP contribution in [-0.4, -0.2) is 5.97 Å². The van der Waals surface area contributed by atoms with E-state index >= 15 is 0 Å². The zero-order valence-electron chi connectivity index (χ0n) is 6.49. The van der Waals surface area contributed by atoms with Crippen molar-refractivity contribution in [1.29, 1.82) is 0 Å². The van der Waals surface area contributed by atoms with Crippen LogP contribution in [0.4, 0.5) is 0 Å². The van der Waals surface area contributed by atoms with E-state index in [-0.39, 0.29) is 32.7 Å². The van der Waals surface area contributed by atoms with Crippen molar-refractivity contribution in [2.75, 3.05) is 0 Å². The largest absolute Gasteiger partial charge is 0.454 e. The summed E-state index contributed by atoms with van der Waals surface area (Å²) in [5.74, 6) is -0.0511. The maximum atomic E-state index is 10.6. The summed E-state index contributed by atoms with van der Waals surface area (Å²) < 4.78 is 4.75. The number of hydrogen-bond donors (Lipinski definition) is 0. The zero-order chi connectivity index (χ0) is 8.10. The molecule has 0 fully saturated rings. The molecule has 0 spiro atoms. The predicted octanol–water partition coefficient (Wildman–Crippen LogP) is 1.58. The minimum absolute atomic E-state index is 0. The molecule has 59 valence electrons. The van der Waals surface area contributed by atoms with Crippen molar-refractivity contribution in [2.45, 2.75) is 0 Å². The molecule has 1 aromatic rings. The van der Waals surface area contributed by atoms with E-state index in [1.807, 2.05) is 6.07 Å². The third-order valence-electron chi connectivity index (χ3n) is 1.10. The molecule has 0 aliphatic carbocycles. The monoisotopic (exact) mass is 236 g/mol. The van der Waals surface area contributed by atoms with Gasteiger partial charge in [-0.05, 0) is 12.1 Å². The second-order valence-electron chi connectivity index (χ2n) is 1.88. The predicted molar refractivity (Wildman–Crippen MR) is 40.9 cm³/mol. The first-order chi connectivity index (χ1) is 5.33. The van der Waals surface area contributed by atoms with E-state index in [0.717, 1.165) is 0 Å². The van der Waals surface area contributed by atoms with Crippen LogP contribution in [0, 0.1) is 6.08 Å². The Morgan fingerprint density at radius 1 is 1.33 bits per heavy atom. The van der Waals surface area contributed by atoms with Crippen LogP contribution in [0.15, 0.2) is 36.9 Å². The third-order valence-corrected chi connectivity index (χ3v) is 1.10. The number of esters is 1. The van der Waals surface area contributed by atoms with E-state index in [9.17, 15) is 4.79 Å². The topological polar surface area (TPSA) is 26.3 Å². The van der Waals surface area contributed by atoms with E-state index in [2.05, 4.69) is 12.7 Å². The minimum Gasteiger partial charge on any atom is -0.454 e. The Morgan fingerprint density at radius 2 is 1.92 bits per heavy atom. The molecule has 0 amide bonds. The van der Waals surface area contributed by atoms with Gasteiger partial charge in [0.2, 0.25) is 0 Å². The molecule has 0 heterocycles. The normalized spacial score (nSPS) is 8.00. The summed E-state index contributed by atoms with van der Waals surface area (Å²) in [7, 11) is 0. The van der Waals surface area contributed by atoms with Crippen LogP contribution in [0.5, 0.6) is 5.75 Å². The van der Waals surface area contributed by atoms with Gasteiger partial charge >= 0.3 is 0 Å². The van der Waals surface area contributed by atoms with Crippen molar-refractivity contribution in [2.24, 2.45) is 0 Å². The first kappa shape index (κ1) is 11.5. The van der Waals surface area contributed by atoms with Gasteiger partial charge in [-0.25, -0.2) is 0 Å². The summed E-state index contributed by atoms with van der Waals surface area (Å²) in [6.07, 6.45) is 2.10. The molecule has 0 aromatic heterocycles. The van der Waals surface area contributed by atoms with Gasteiger partial charge in [0.25, 0.3) is 0 Å². The Kier molecular flexibility index (Phi) is 5.86. The number of carbonyl (C=O) groups excluding carboxylic acids is 1. The summed E-state index contributed by atoms with van der Waals surface area (Å²) in [6, 6.07) is 8.79. The summed E-state index contributed by atoms with van der Waals surface area (Å²) in [4.78, 5) is 10.6. The quantitative estimate of drug-likeness (QED) is 0.337. The van der Waals surface area contributed by atoms with Crippen molar-refractivity contribution >= 4 is 5.97 Å². The molecule has 1 aromatic carbocycles. The second kappa shape index (κ2) is 6.09. The standard InChI is InChI=1S/C9H7O2.Y/c1-2-9(10)11-8-6-4-3-5-7-8;/h3-7H,1H2;/q-1;. The molecular weight excluding hydrogens is 229 g/mol. The Labute approximate surface area is 96.5 Å². The first-order valence-electron chi connectivity index (χ1n) is 3.13. The maximum Gasteiger partial charge on any atom is 0.155 e. The van der Waals surface area contributed by atoms with Gasteiger partial charge in [-0.2, -0.15) is 0 Å². The van der Waals surface area contributed by atoms with Crippen LogP contribution in [0.1, 0.15) is 0 Å².